The highest BCUT2D eigenvalue weighted by atomic mass is 15.3. The summed E-state index contributed by atoms with van der Waals surface area (Å²) in [5, 5.41) is 0. The third kappa shape index (κ3) is 2.98. The van der Waals surface area contributed by atoms with Gasteiger partial charge < -0.3 is 10.6 Å². The van der Waals surface area contributed by atoms with E-state index in [-0.39, 0.29) is 5.54 Å². The molecule has 0 amide bonds. The standard InChI is InChI=1S/C16H33N3/c1-4-5-6-9-19(14(2)3)16(13-17)8-11-18-10-7-15(16)12-18/h14-15H,4-13,17H2,1-3H3. The SMILES string of the molecule is CCCCCN(C(C)C)C1(CN)CCN2CCC1C2. The third-order valence-electron chi connectivity index (χ3n) is 5.44. The second kappa shape index (κ2) is 6.55. The van der Waals surface area contributed by atoms with Crippen LogP contribution in [0.2, 0.25) is 0 Å². The molecule has 2 aliphatic rings. The molecule has 3 atom stereocenters. The third-order valence-corrected chi connectivity index (χ3v) is 5.44. The van der Waals surface area contributed by atoms with Crippen molar-refractivity contribution in [1.82, 2.24) is 9.80 Å². The van der Waals surface area contributed by atoms with Crippen molar-refractivity contribution in [3.8, 4) is 0 Å². The normalized spacial score (nSPS) is 34.4. The van der Waals surface area contributed by atoms with Crippen molar-refractivity contribution in [2.24, 2.45) is 11.7 Å². The van der Waals surface area contributed by atoms with E-state index in [1.807, 2.05) is 0 Å². The molecule has 2 saturated heterocycles. The van der Waals surface area contributed by atoms with E-state index in [1.165, 1.54) is 58.3 Å². The van der Waals surface area contributed by atoms with Crippen molar-refractivity contribution in [2.75, 3.05) is 32.7 Å². The van der Waals surface area contributed by atoms with Gasteiger partial charge in [0.25, 0.3) is 0 Å². The van der Waals surface area contributed by atoms with Gasteiger partial charge >= 0.3 is 0 Å². The van der Waals surface area contributed by atoms with Gasteiger partial charge in [0.15, 0.2) is 0 Å². The maximum absolute atomic E-state index is 6.31. The van der Waals surface area contributed by atoms with E-state index in [0.29, 0.717) is 6.04 Å². The summed E-state index contributed by atoms with van der Waals surface area (Å²) < 4.78 is 0. The van der Waals surface area contributed by atoms with Crippen LogP contribution in [0.15, 0.2) is 0 Å². The second-order valence-electron chi connectivity index (χ2n) is 6.84. The minimum absolute atomic E-state index is 0.287. The van der Waals surface area contributed by atoms with E-state index in [4.69, 9.17) is 5.73 Å². The van der Waals surface area contributed by atoms with Crippen LogP contribution in [0.25, 0.3) is 0 Å². The second-order valence-corrected chi connectivity index (χ2v) is 6.84. The summed E-state index contributed by atoms with van der Waals surface area (Å²) in [7, 11) is 0. The molecule has 3 heteroatoms. The predicted octanol–water partition coefficient (Wildman–Crippen LogP) is 2.31. The lowest BCUT2D eigenvalue weighted by atomic mass is 9.76. The Balaban J connectivity index is 2.11. The quantitative estimate of drug-likeness (QED) is 0.719. The Morgan fingerprint density at radius 2 is 2.11 bits per heavy atom. The first kappa shape index (κ1) is 15.3. The van der Waals surface area contributed by atoms with Gasteiger partial charge in [-0.05, 0) is 58.7 Å². The van der Waals surface area contributed by atoms with Crippen LogP contribution >= 0.6 is 0 Å². The van der Waals surface area contributed by atoms with Crippen molar-refractivity contribution in [2.45, 2.75) is 64.5 Å². The van der Waals surface area contributed by atoms with Gasteiger partial charge in [-0.1, -0.05) is 19.8 Å². The summed E-state index contributed by atoms with van der Waals surface area (Å²) in [4.78, 5) is 5.39. The topological polar surface area (TPSA) is 32.5 Å². The number of unbranched alkanes of at least 4 members (excludes halogenated alkanes) is 2. The van der Waals surface area contributed by atoms with Gasteiger partial charge in [-0.3, -0.25) is 4.90 Å². The van der Waals surface area contributed by atoms with Crippen LogP contribution < -0.4 is 5.73 Å². The number of piperidine rings is 1. The van der Waals surface area contributed by atoms with Crippen molar-refractivity contribution >= 4 is 0 Å². The molecule has 0 radical (unpaired) electrons. The fraction of sp³-hybridized carbons (Fsp3) is 1.00. The number of hydrogen-bond acceptors (Lipinski definition) is 3. The summed E-state index contributed by atoms with van der Waals surface area (Å²) >= 11 is 0. The first-order chi connectivity index (χ1) is 9.14. The molecule has 112 valence electrons. The van der Waals surface area contributed by atoms with Gasteiger partial charge in [-0.2, -0.15) is 0 Å². The highest BCUT2D eigenvalue weighted by molar-refractivity contribution is 5.05. The minimum Gasteiger partial charge on any atom is -0.329 e. The van der Waals surface area contributed by atoms with E-state index in [0.717, 1.165) is 12.5 Å². The van der Waals surface area contributed by atoms with Crippen LogP contribution in [0.1, 0.15) is 52.9 Å². The number of nitrogens with two attached hydrogens (primary N) is 1. The summed E-state index contributed by atoms with van der Waals surface area (Å²) in [5.74, 6) is 0.801. The zero-order valence-corrected chi connectivity index (χ0v) is 13.2. The lowest BCUT2D eigenvalue weighted by Crippen LogP contribution is -2.64. The van der Waals surface area contributed by atoms with Crippen LogP contribution in [0.3, 0.4) is 0 Å². The molecule has 2 bridgehead atoms. The zero-order chi connectivity index (χ0) is 13.9. The molecule has 3 unspecified atom stereocenters. The van der Waals surface area contributed by atoms with Crippen LogP contribution in [0.5, 0.6) is 0 Å². The molecule has 0 aliphatic carbocycles. The molecule has 2 rings (SSSR count). The zero-order valence-electron chi connectivity index (χ0n) is 13.2. The van der Waals surface area contributed by atoms with Crippen LogP contribution in [0, 0.1) is 5.92 Å². The molecule has 0 saturated carbocycles. The fourth-order valence-corrected chi connectivity index (χ4v) is 4.32. The Bertz CT molecular complexity index is 279. The van der Waals surface area contributed by atoms with Crippen LogP contribution in [0.4, 0.5) is 0 Å². The van der Waals surface area contributed by atoms with Gasteiger partial charge in [-0.15, -0.1) is 0 Å². The van der Waals surface area contributed by atoms with Crippen molar-refractivity contribution < 1.29 is 0 Å². The van der Waals surface area contributed by atoms with E-state index >= 15 is 0 Å². The predicted molar refractivity (Wildman–Crippen MR) is 82.3 cm³/mol. The Hall–Kier alpha value is -0.120. The van der Waals surface area contributed by atoms with E-state index < -0.39 is 0 Å². The first-order valence-electron chi connectivity index (χ1n) is 8.33. The van der Waals surface area contributed by atoms with Gasteiger partial charge in [0, 0.05) is 24.7 Å². The Morgan fingerprint density at radius 3 is 2.74 bits per heavy atom. The van der Waals surface area contributed by atoms with Crippen LogP contribution in [-0.4, -0.2) is 54.1 Å². The highest BCUT2D eigenvalue weighted by Gasteiger charge is 2.49. The minimum atomic E-state index is 0.287. The Kier molecular flexibility index (Phi) is 5.27. The molecule has 0 aromatic rings. The lowest BCUT2D eigenvalue weighted by Gasteiger charge is -2.52. The largest absolute Gasteiger partial charge is 0.329 e. The molecule has 0 spiro atoms. The molecule has 2 aliphatic heterocycles. The number of hydrogen-bond donors (Lipinski definition) is 1. The van der Waals surface area contributed by atoms with E-state index in [9.17, 15) is 0 Å². The molecule has 2 heterocycles. The number of rotatable bonds is 7. The van der Waals surface area contributed by atoms with Gasteiger partial charge in [-0.25, -0.2) is 0 Å². The Labute approximate surface area is 119 Å². The maximum atomic E-state index is 6.31. The monoisotopic (exact) mass is 267 g/mol. The van der Waals surface area contributed by atoms with Crippen molar-refractivity contribution in [3.63, 3.8) is 0 Å². The van der Waals surface area contributed by atoms with Gasteiger partial charge in [0.1, 0.15) is 0 Å². The van der Waals surface area contributed by atoms with E-state index in [2.05, 4.69) is 30.6 Å². The number of nitrogens with zero attached hydrogens (tertiary/aromatic N) is 2. The molecular weight excluding hydrogens is 234 g/mol. The molecule has 3 nitrogen and oxygen atoms in total. The molecule has 2 N–H and O–H groups in total. The van der Waals surface area contributed by atoms with Gasteiger partial charge in [0.2, 0.25) is 0 Å². The van der Waals surface area contributed by atoms with Gasteiger partial charge in [0.05, 0.1) is 0 Å². The summed E-state index contributed by atoms with van der Waals surface area (Å²) in [6.07, 6.45) is 6.61. The molecule has 19 heavy (non-hydrogen) atoms. The summed E-state index contributed by atoms with van der Waals surface area (Å²) in [6, 6.07) is 0.618. The average Bonchev–Trinajstić information content (AvgIpc) is 2.81. The molecule has 0 aromatic carbocycles. The van der Waals surface area contributed by atoms with Crippen molar-refractivity contribution in [3.05, 3.63) is 0 Å². The molecule has 2 fully saturated rings. The van der Waals surface area contributed by atoms with E-state index in [1.54, 1.807) is 0 Å². The Morgan fingerprint density at radius 1 is 1.32 bits per heavy atom. The summed E-state index contributed by atoms with van der Waals surface area (Å²) in [6.45, 7) is 12.9. The molecule has 0 aromatic heterocycles. The van der Waals surface area contributed by atoms with Crippen LogP contribution in [-0.2, 0) is 0 Å². The first-order valence-corrected chi connectivity index (χ1v) is 8.33. The fourth-order valence-electron chi connectivity index (χ4n) is 4.32. The van der Waals surface area contributed by atoms with Crippen molar-refractivity contribution in [1.29, 1.82) is 0 Å². The highest BCUT2D eigenvalue weighted by Crippen LogP contribution is 2.40. The summed E-state index contributed by atoms with van der Waals surface area (Å²) in [5.41, 5.74) is 6.59. The average molecular weight is 267 g/mol. The molecular formula is C16H33N3. The lowest BCUT2D eigenvalue weighted by molar-refractivity contribution is -0.0142. The number of fused-ring (bicyclic) bond motifs is 2. The smallest absolute Gasteiger partial charge is 0.0387 e. The maximum Gasteiger partial charge on any atom is 0.0387 e.